The highest BCUT2D eigenvalue weighted by Crippen LogP contribution is 2.00. The zero-order valence-corrected chi connectivity index (χ0v) is 6.64. The molecule has 1 atom stereocenters. The summed E-state index contributed by atoms with van der Waals surface area (Å²) < 4.78 is 0. The van der Waals surface area contributed by atoms with Gasteiger partial charge in [0.05, 0.1) is 0 Å². The number of urea groups is 1. The van der Waals surface area contributed by atoms with Crippen molar-refractivity contribution in [3.63, 3.8) is 0 Å². The van der Waals surface area contributed by atoms with E-state index in [9.17, 15) is 9.59 Å². The Balaban J connectivity index is 2.87. The molecule has 5 nitrogen and oxygen atoms in total. The number of nitrogens with one attached hydrogen (secondary N) is 1. The quantitative estimate of drug-likeness (QED) is 0.452. The van der Waals surface area contributed by atoms with Crippen molar-refractivity contribution in [3.05, 3.63) is 0 Å². The first-order valence-electron chi connectivity index (χ1n) is 2.92. The molecule has 3 amide bonds. The standard InChI is InChI=1S/C5H7N3O2S/c1-8-4(11)2(6)3(9)7-5(8)10/h2H,6H2,1H3,(H,7,9,10). The zero-order valence-electron chi connectivity index (χ0n) is 5.83. The van der Waals surface area contributed by atoms with Crippen molar-refractivity contribution in [1.29, 1.82) is 0 Å². The van der Waals surface area contributed by atoms with E-state index in [1.165, 1.54) is 7.05 Å². The lowest BCUT2D eigenvalue weighted by atomic mass is 10.2. The number of hydrogen-bond donors (Lipinski definition) is 2. The second kappa shape index (κ2) is 2.55. The largest absolute Gasteiger partial charge is 0.328 e. The van der Waals surface area contributed by atoms with Gasteiger partial charge in [0.1, 0.15) is 11.0 Å². The summed E-state index contributed by atoms with van der Waals surface area (Å²) in [5, 5.41) is 2.04. The monoisotopic (exact) mass is 173 g/mol. The molecule has 1 unspecified atom stereocenters. The summed E-state index contributed by atoms with van der Waals surface area (Å²) in [7, 11) is 1.46. The van der Waals surface area contributed by atoms with Crippen LogP contribution in [-0.2, 0) is 4.79 Å². The number of carbonyl (C=O) groups is 2. The number of carbonyl (C=O) groups excluding carboxylic acids is 2. The van der Waals surface area contributed by atoms with Crippen LogP contribution in [0.3, 0.4) is 0 Å². The number of thiocarbonyl (C=S) groups is 1. The van der Waals surface area contributed by atoms with Gasteiger partial charge in [-0.15, -0.1) is 0 Å². The van der Waals surface area contributed by atoms with Crippen LogP contribution < -0.4 is 11.1 Å². The molecule has 0 aliphatic carbocycles. The van der Waals surface area contributed by atoms with Gasteiger partial charge >= 0.3 is 6.03 Å². The molecule has 11 heavy (non-hydrogen) atoms. The van der Waals surface area contributed by atoms with Crippen molar-refractivity contribution < 1.29 is 9.59 Å². The number of nitrogens with two attached hydrogens (primary N) is 1. The van der Waals surface area contributed by atoms with E-state index in [1.54, 1.807) is 0 Å². The lowest BCUT2D eigenvalue weighted by Gasteiger charge is -2.27. The summed E-state index contributed by atoms with van der Waals surface area (Å²) in [6.07, 6.45) is 0. The van der Waals surface area contributed by atoms with Crippen LogP contribution in [0, 0.1) is 0 Å². The highest BCUT2D eigenvalue weighted by Gasteiger charge is 2.32. The summed E-state index contributed by atoms with van der Waals surface area (Å²) in [4.78, 5) is 22.9. The molecule has 0 saturated carbocycles. The SMILES string of the molecule is CN1C(=O)NC(=O)C(N)C1=S. The first-order chi connectivity index (χ1) is 5.04. The number of amides is 3. The average Bonchev–Trinajstić information content (AvgIpc) is 1.97. The highest BCUT2D eigenvalue weighted by molar-refractivity contribution is 7.80. The van der Waals surface area contributed by atoms with Crippen LogP contribution in [0.15, 0.2) is 0 Å². The third kappa shape index (κ3) is 1.22. The summed E-state index contributed by atoms with van der Waals surface area (Å²) in [6, 6.07) is -1.41. The molecule has 1 aliphatic heterocycles. The van der Waals surface area contributed by atoms with Crippen molar-refractivity contribution in [3.8, 4) is 0 Å². The first kappa shape index (κ1) is 8.09. The predicted molar refractivity (Wildman–Crippen MR) is 41.9 cm³/mol. The molecule has 0 bridgehead atoms. The Kier molecular flexibility index (Phi) is 1.88. The second-order valence-corrected chi connectivity index (χ2v) is 2.59. The van der Waals surface area contributed by atoms with Gasteiger partial charge in [0.25, 0.3) is 5.91 Å². The van der Waals surface area contributed by atoms with Crippen LogP contribution in [0.2, 0.25) is 0 Å². The minimum atomic E-state index is -0.882. The highest BCUT2D eigenvalue weighted by atomic mass is 32.1. The number of likely N-dealkylation sites (N-methyl/N-ethyl adjacent to an activating group) is 1. The van der Waals surface area contributed by atoms with E-state index < -0.39 is 18.0 Å². The van der Waals surface area contributed by atoms with Crippen molar-refractivity contribution in [2.24, 2.45) is 5.73 Å². The number of imide groups is 1. The van der Waals surface area contributed by atoms with Crippen LogP contribution in [0.25, 0.3) is 0 Å². The van der Waals surface area contributed by atoms with Crippen molar-refractivity contribution >= 4 is 29.1 Å². The van der Waals surface area contributed by atoms with E-state index >= 15 is 0 Å². The Bertz CT molecular complexity index is 218. The Morgan fingerprint density at radius 1 is 1.64 bits per heavy atom. The van der Waals surface area contributed by atoms with E-state index in [2.05, 4.69) is 0 Å². The molecule has 0 spiro atoms. The Morgan fingerprint density at radius 2 is 2.18 bits per heavy atom. The summed E-state index contributed by atoms with van der Waals surface area (Å²) in [5.41, 5.74) is 5.33. The summed E-state index contributed by atoms with van der Waals surface area (Å²) in [5.74, 6) is -0.543. The third-order valence-electron chi connectivity index (χ3n) is 1.41. The predicted octanol–water partition coefficient (Wildman–Crippen LogP) is -1.18. The van der Waals surface area contributed by atoms with Crippen molar-refractivity contribution in [1.82, 2.24) is 10.2 Å². The molecule has 0 aromatic carbocycles. The normalized spacial score (nSPS) is 25.5. The van der Waals surface area contributed by atoms with Crippen LogP contribution in [0.5, 0.6) is 0 Å². The molecule has 3 N–H and O–H groups in total. The fraction of sp³-hybridized carbons (Fsp3) is 0.400. The van der Waals surface area contributed by atoms with Gasteiger partial charge in [0, 0.05) is 7.05 Å². The summed E-state index contributed by atoms with van der Waals surface area (Å²) in [6.45, 7) is 0. The van der Waals surface area contributed by atoms with Gasteiger partial charge in [-0.2, -0.15) is 0 Å². The third-order valence-corrected chi connectivity index (χ3v) is 1.94. The van der Waals surface area contributed by atoms with Crippen LogP contribution in [0.4, 0.5) is 4.79 Å². The molecule has 0 aromatic rings. The average molecular weight is 173 g/mol. The van der Waals surface area contributed by atoms with Gasteiger partial charge in [-0.25, -0.2) is 4.79 Å². The molecular weight excluding hydrogens is 166 g/mol. The van der Waals surface area contributed by atoms with Gasteiger partial charge in [-0.3, -0.25) is 15.0 Å². The Hall–Kier alpha value is -1.01. The number of rotatable bonds is 0. The van der Waals surface area contributed by atoms with Gasteiger partial charge in [-0.1, -0.05) is 12.2 Å². The maximum absolute atomic E-state index is 10.8. The van der Waals surface area contributed by atoms with Crippen LogP contribution in [0.1, 0.15) is 0 Å². The molecule has 1 fully saturated rings. The first-order valence-corrected chi connectivity index (χ1v) is 3.33. The molecule has 60 valence electrons. The van der Waals surface area contributed by atoms with Crippen LogP contribution >= 0.6 is 12.2 Å². The molecule has 0 aromatic heterocycles. The van der Waals surface area contributed by atoms with E-state index in [0.717, 1.165) is 4.90 Å². The van der Waals surface area contributed by atoms with Gasteiger partial charge in [0.2, 0.25) is 0 Å². The topological polar surface area (TPSA) is 75.4 Å². The Morgan fingerprint density at radius 3 is 2.73 bits per heavy atom. The van der Waals surface area contributed by atoms with Crippen molar-refractivity contribution in [2.45, 2.75) is 6.04 Å². The molecular formula is C5H7N3O2S. The zero-order chi connectivity index (χ0) is 8.59. The minimum Gasteiger partial charge on any atom is -0.314 e. The molecule has 6 heteroatoms. The molecule has 1 rings (SSSR count). The summed E-state index contributed by atoms with van der Waals surface area (Å²) >= 11 is 4.72. The van der Waals surface area contributed by atoms with E-state index in [4.69, 9.17) is 18.0 Å². The second-order valence-electron chi connectivity index (χ2n) is 2.17. The van der Waals surface area contributed by atoms with E-state index in [0.29, 0.717) is 0 Å². The smallest absolute Gasteiger partial charge is 0.314 e. The maximum Gasteiger partial charge on any atom is 0.328 e. The van der Waals surface area contributed by atoms with Crippen molar-refractivity contribution in [2.75, 3.05) is 7.05 Å². The lowest BCUT2D eigenvalue weighted by Crippen LogP contribution is -2.61. The van der Waals surface area contributed by atoms with Gasteiger partial charge in [0.15, 0.2) is 0 Å². The van der Waals surface area contributed by atoms with Gasteiger partial charge < -0.3 is 5.73 Å². The minimum absolute atomic E-state index is 0.152. The molecule has 1 aliphatic rings. The molecule has 1 heterocycles. The Labute approximate surface area is 68.5 Å². The number of nitrogens with zero attached hydrogens (tertiary/aromatic N) is 1. The number of hydrogen-bond acceptors (Lipinski definition) is 4. The van der Waals surface area contributed by atoms with Crippen LogP contribution in [-0.4, -0.2) is 34.9 Å². The fourth-order valence-corrected chi connectivity index (χ4v) is 0.878. The maximum atomic E-state index is 10.8. The molecule has 0 radical (unpaired) electrons. The lowest BCUT2D eigenvalue weighted by molar-refractivity contribution is -0.120. The fourth-order valence-electron chi connectivity index (χ4n) is 0.688. The van der Waals surface area contributed by atoms with Gasteiger partial charge in [-0.05, 0) is 0 Å². The van der Waals surface area contributed by atoms with E-state index in [-0.39, 0.29) is 4.99 Å². The molecule has 1 saturated heterocycles. The van der Waals surface area contributed by atoms with E-state index in [1.807, 2.05) is 5.32 Å².